The third kappa shape index (κ3) is 2.80. The molecule has 0 saturated carbocycles. The lowest BCUT2D eigenvalue weighted by molar-refractivity contribution is 0.0740. The minimum Gasteiger partial charge on any atom is -0.341 e. The fraction of sp³-hybridized carbons (Fsp3) is 0.500. The number of hydrogen-bond acceptors (Lipinski definition) is 5. The van der Waals surface area contributed by atoms with E-state index in [2.05, 4.69) is 10.1 Å². The van der Waals surface area contributed by atoms with Crippen molar-refractivity contribution >= 4 is 17.0 Å². The minimum atomic E-state index is -0.116. The molecule has 2 N–H and O–H groups in total. The van der Waals surface area contributed by atoms with Gasteiger partial charge in [-0.05, 0) is 24.9 Å². The van der Waals surface area contributed by atoms with Gasteiger partial charge < -0.3 is 15.2 Å². The monoisotopic (exact) mass is 276 g/mol. The van der Waals surface area contributed by atoms with E-state index in [1.165, 1.54) is 6.20 Å². The summed E-state index contributed by atoms with van der Waals surface area (Å²) in [5.41, 5.74) is 7.29. The van der Waals surface area contributed by atoms with E-state index in [0.717, 1.165) is 11.1 Å². The lowest BCUT2D eigenvalue weighted by Gasteiger charge is -2.29. The van der Waals surface area contributed by atoms with E-state index in [-0.39, 0.29) is 11.3 Å². The van der Waals surface area contributed by atoms with E-state index in [9.17, 15) is 4.79 Å². The van der Waals surface area contributed by atoms with Gasteiger partial charge in [0.25, 0.3) is 11.6 Å². The summed E-state index contributed by atoms with van der Waals surface area (Å²) in [6, 6.07) is 1.77. The molecule has 0 atom stereocenters. The highest BCUT2D eigenvalue weighted by Gasteiger charge is 2.22. The standard InChI is InChI=1S/C14H20N4O2/c1-9-11-5-10(6-16-12(11)20-17-9)13(19)18(4)8-14(2,3)7-15/h5-6H,7-8,15H2,1-4H3. The van der Waals surface area contributed by atoms with Gasteiger partial charge in [-0.3, -0.25) is 4.79 Å². The third-order valence-electron chi connectivity index (χ3n) is 3.32. The second kappa shape index (κ2) is 5.20. The lowest BCUT2D eigenvalue weighted by atomic mass is 9.93. The molecule has 2 aromatic heterocycles. The smallest absolute Gasteiger partial charge is 0.257 e. The first-order chi connectivity index (χ1) is 9.34. The number of aryl methyl sites for hydroxylation is 1. The molecule has 0 saturated heterocycles. The Morgan fingerprint density at radius 1 is 1.50 bits per heavy atom. The van der Waals surface area contributed by atoms with Crippen LogP contribution in [0.25, 0.3) is 11.1 Å². The first-order valence-corrected chi connectivity index (χ1v) is 6.51. The van der Waals surface area contributed by atoms with Crippen LogP contribution in [0, 0.1) is 12.3 Å². The molecule has 0 radical (unpaired) electrons. The highest BCUT2D eigenvalue weighted by atomic mass is 16.5. The molecule has 0 fully saturated rings. The summed E-state index contributed by atoms with van der Waals surface area (Å²) in [7, 11) is 1.77. The van der Waals surface area contributed by atoms with Crippen molar-refractivity contribution < 1.29 is 9.32 Å². The molecule has 0 aliphatic rings. The number of fused-ring (bicyclic) bond motifs is 1. The normalized spacial score (nSPS) is 11.8. The Hall–Kier alpha value is -1.95. The van der Waals surface area contributed by atoms with E-state index in [0.29, 0.717) is 24.4 Å². The number of carbonyl (C=O) groups excluding carboxylic acids is 1. The van der Waals surface area contributed by atoms with Gasteiger partial charge in [0.15, 0.2) is 0 Å². The van der Waals surface area contributed by atoms with E-state index >= 15 is 0 Å². The van der Waals surface area contributed by atoms with Crippen LogP contribution in [0.4, 0.5) is 0 Å². The van der Waals surface area contributed by atoms with Crippen LogP contribution in [0.1, 0.15) is 29.9 Å². The molecule has 0 aliphatic carbocycles. The molecular formula is C14H20N4O2. The van der Waals surface area contributed by atoms with Gasteiger partial charge in [0.2, 0.25) is 0 Å². The van der Waals surface area contributed by atoms with Gasteiger partial charge in [-0.2, -0.15) is 0 Å². The zero-order valence-corrected chi connectivity index (χ0v) is 12.3. The van der Waals surface area contributed by atoms with Crippen molar-refractivity contribution in [3.05, 3.63) is 23.5 Å². The van der Waals surface area contributed by atoms with E-state index in [1.807, 2.05) is 20.8 Å². The van der Waals surface area contributed by atoms with Crippen LogP contribution in [0.15, 0.2) is 16.8 Å². The maximum atomic E-state index is 12.4. The lowest BCUT2D eigenvalue weighted by Crippen LogP contribution is -2.39. The van der Waals surface area contributed by atoms with Gasteiger partial charge in [0, 0.05) is 19.8 Å². The first-order valence-electron chi connectivity index (χ1n) is 6.51. The van der Waals surface area contributed by atoms with Crippen LogP contribution in [-0.4, -0.2) is 41.1 Å². The van der Waals surface area contributed by atoms with E-state index in [1.54, 1.807) is 18.0 Å². The number of pyridine rings is 1. The van der Waals surface area contributed by atoms with Gasteiger partial charge in [0.1, 0.15) is 0 Å². The molecule has 0 bridgehead atoms. The van der Waals surface area contributed by atoms with Crippen LogP contribution in [0.3, 0.4) is 0 Å². The van der Waals surface area contributed by atoms with Crippen molar-refractivity contribution in [3.8, 4) is 0 Å². The fourth-order valence-electron chi connectivity index (χ4n) is 2.06. The summed E-state index contributed by atoms with van der Waals surface area (Å²) >= 11 is 0. The average molecular weight is 276 g/mol. The number of carbonyl (C=O) groups is 1. The molecule has 2 heterocycles. The summed E-state index contributed by atoms with van der Waals surface area (Å²) in [5.74, 6) is -0.0819. The number of nitrogens with zero attached hydrogens (tertiary/aromatic N) is 3. The minimum absolute atomic E-state index is 0.0819. The summed E-state index contributed by atoms with van der Waals surface area (Å²) in [5, 5.41) is 4.60. The Morgan fingerprint density at radius 2 is 2.20 bits per heavy atom. The zero-order chi connectivity index (χ0) is 14.9. The molecule has 0 aromatic carbocycles. The number of nitrogens with two attached hydrogens (primary N) is 1. The SMILES string of the molecule is Cc1noc2ncc(C(=O)N(C)CC(C)(C)CN)cc12. The largest absolute Gasteiger partial charge is 0.341 e. The fourth-order valence-corrected chi connectivity index (χ4v) is 2.06. The maximum Gasteiger partial charge on any atom is 0.257 e. The summed E-state index contributed by atoms with van der Waals surface area (Å²) in [6.07, 6.45) is 1.52. The Morgan fingerprint density at radius 3 is 2.85 bits per heavy atom. The predicted octanol–water partition coefficient (Wildman–Crippen LogP) is 1.59. The van der Waals surface area contributed by atoms with Crippen LogP contribution < -0.4 is 5.73 Å². The van der Waals surface area contributed by atoms with Crippen LogP contribution >= 0.6 is 0 Å². The molecule has 20 heavy (non-hydrogen) atoms. The van der Waals surface area contributed by atoms with Crippen LogP contribution in [0.2, 0.25) is 0 Å². The van der Waals surface area contributed by atoms with Crippen molar-refractivity contribution in [2.24, 2.45) is 11.1 Å². The molecule has 2 rings (SSSR count). The van der Waals surface area contributed by atoms with Crippen molar-refractivity contribution in [1.29, 1.82) is 0 Å². The topological polar surface area (TPSA) is 85.2 Å². The van der Waals surface area contributed by atoms with Gasteiger partial charge in [0.05, 0.1) is 16.6 Å². The second-order valence-corrected chi connectivity index (χ2v) is 5.87. The van der Waals surface area contributed by atoms with E-state index < -0.39 is 0 Å². The zero-order valence-electron chi connectivity index (χ0n) is 12.3. The molecule has 1 amide bonds. The third-order valence-corrected chi connectivity index (χ3v) is 3.32. The quantitative estimate of drug-likeness (QED) is 0.916. The molecule has 108 valence electrons. The van der Waals surface area contributed by atoms with Gasteiger partial charge in [-0.25, -0.2) is 4.98 Å². The Balaban J connectivity index is 2.24. The summed E-state index contributed by atoms with van der Waals surface area (Å²) in [4.78, 5) is 18.2. The average Bonchev–Trinajstić information content (AvgIpc) is 2.78. The molecular weight excluding hydrogens is 256 g/mol. The van der Waals surface area contributed by atoms with Crippen LogP contribution in [0.5, 0.6) is 0 Å². The summed E-state index contributed by atoms with van der Waals surface area (Å²) in [6.45, 7) is 6.99. The number of hydrogen-bond donors (Lipinski definition) is 1. The first kappa shape index (κ1) is 14.5. The maximum absolute atomic E-state index is 12.4. The van der Waals surface area contributed by atoms with E-state index in [4.69, 9.17) is 10.3 Å². The van der Waals surface area contributed by atoms with Crippen molar-refractivity contribution in [1.82, 2.24) is 15.0 Å². The second-order valence-electron chi connectivity index (χ2n) is 5.87. The van der Waals surface area contributed by atoms with Gasteiger partial charge in [-0.1, -0.05) is 19.0 Å². The van der Waals surface area contributed by atoms with Gasteiger partial charge >= 0.3 is 0 Å². The van der Waals surface area contributed by atoms with Crippen molar-refractivity contribution in [3.63, 3.8) is 0 Å². The Labute approximate surface area is 117 Å². The van der Waals surface area contributed by atoms with Crippen molar-refractivity contribution in [2.75, 3.05) is 20.1 Å². The molecule has 0 aliphatic heterocycles. The molecule has 6 nitrogen and oxygen atoms in total. The Bertz CT molecular complexity index is 633. The number of aromatic nitrogens is 2. The highest BCUT2D eigenvalue weighted by Crippen LogP contribution is 2.19. The summed E-state index contributed by atoms with van der Waals surface area (Å²) < 4.78 is 5.04. The molecule has 6 heteroatoms. The molecule has 0 unspecified atom stereocenters. The van der Waals surface area contributed by atoms with Crippen LogP contribution in [-0.2, 0) is 0 Å². The number of amides is 1. The predicted molar refractivity (Wildman–Crippen MR) is 76.3 cm³/mol. The van der Waals surface area contributed by atoms with Gasteiger partial charge in [-0.15, -0.1) is 0 Å². The molecule has 2 aromatic rings. The Kier molecular flexibility index (Phi) is 3.76. The number of rotatable bonds is 4. The van der Waals surface area contributed by atoms with Crippen molar-refractivity contribution in [2.45, 2.75) is 20.8 Å². The molecule has 0 spiro atoms. The highest BCUT2D eigenvalue weighted by molar-refractivity contribution is 5.96.